The standard InChI is InChI=1S/C23H21F2N7O3/c1-2-35-20(34)9-8-19(33)28-17-13-26-11-10-14(17)29-23-18-7-4-12-32(18)31-22(30-23)16-6-3-5-15(27-16)21(24)25/h3-7,10-13,21H,2,8-9H2,1H3,(H,28,33)(H,26,29,30,31). The molecule has 0 aliphatic rings. The molecule has 0 spiro atoms. The maximum Gasteiger partial charge on any atom is 0.306 e. The van der Waals surface area contributed by atoms with E-state index in [1.807, 2.05) is 0 Å². The van der Waals surface area contributed by atoms with E-state index in [4.69, 9.17) is 4.74 Å². The van der Waals surface area contributed by atoms with Gasteiger partial charge in [0.15, 0.2) is 5.82 Å². The summed E-state index contributed by atoms with van der Waals surface area (Å²) in [6, 6.07) is 9.41. The minimum Gasteiger partial charge on any atom is -0.466 e. The fraction of sp³-hybridized carbons (Fsp3) is 0.217. The molecule has 0 atom stereocenters. The van der Waals surface area contributed by atoms with Gasteiger partial charge in [-0.2, -0.15) is 0 Å². The van der Waals surface area contributed by atoms with Crippen LogP contribution in [0.4, 0.5) is 26.0 Å². The molecule has 0 aromatic carbocycles. The highest BCUT2D eigenvalue weighted by atomic mass is 19.3. The van der Waals surface area contributed by atoms with Crippen LogP contribution in [0.5, 0.6) is 0 Å². The number of amides is 1. The second kappa shape index (κ2) is 10.6. The number of rotatable bonds is 9. The molecule has 0 aliphatic carbocycles. The van der Waals surface area contributed by atoms with E-state index in [1.54, 1.807) is 41.9 Å². The van der Waals surface area contributed by atoms with Crippen molar-refractivity contribution in [3.05, 3.63) is 60.7 Å². The maximum atomic E-state index is 13.1. The number of anilines is 3. The Kier molecular flexibility index (Phi) is 7.19. The summed E-state index contributed by atoms with van der Waals surface area (Å²) in [5.74, 6) is -0.357. The Morgan fingerprint density at radius 3 is 2.74 bits per heavy atom. The second-order valence-electron chi connectivity index (χ2n) is 7.27. The van der Waals surface area contributed by atoms with Crippen molar-refractivity contribution in [3.63, 3.8) is 0 Å². The van der Waals surface area contributed by atoms with Crippen LogP contribution in [0.2, 0.25) is 0 Å². The molecule has 0 radical (unpaired) electrons. The lowest BCUT2D eigenvalue weighted by atomic mass is 10.2. The number of alkyl halides is 2. The van der Waals surface area contributed by atoms with Gasteiger partial charge in [0.1, 0.15) is 16.9 Å². The fourth-order valence-corrected chi connectivity index (χ4v) is 3.22. The summed E-state index contributed by atoms with van der Waals surface area (Å²) < 4.78 is 32.6. The summed E-state index contributed by atoms with van der Waals surface area (Å²) in [6.45, 7) is 1.94. The minimum absolute atomic E-state index is 0.0482. The molecule has 35 heavy (non-hydrogen) atoms. The molecule has 0 saturated carbocycles. The molecule has 4 aromatic rings. The van der Waals surface area contributed by atoms with E-state index < -0.39 is 18.3 Å². The van der Waals surface area contributed by atoms with E-state index in [0.29, 0.717) is 22.7 Å². The Hall–Kier alpha value is -4.48. The molecule has 4 aromatic heterocycles. The average molecular weight is 481 g/mol. The molecule has 1 amide bonds. The normalized spacial score (nSPS) is 11.0. The lowest BCUT2D eigenvalue weighted by Gasteiger charge is -2.14. The number of carbonyl (C=O) groups excluding carboxylic acids is 2. The fourth-order valence-electron chi connectivity index (χ4n) is 3.22. The van der Waals surface area contributed by atoms with Gasteiger partial charge < -0.3 is 15.4 Å². The first-order valence-corrected chi connectivity index (χ1v) is 10.7. The molecule has 12 heteroatoms. The van der Waals surface area contributed by atoms with Crippen LogP contribution in [0.3, 0.4) is 0 Å². The number of fused-ring (bicyclic) bond motifs is 1. The average Bonchev–Trinajstić information content (AvgIpc) is 3.33. The summed E-state index contributed by atoms with van der Waals surface area (Å²) in [5.41, 5.74) is 1.25. The van der Waals surface area contributed by atoms with Crippen LogP contribution in [0.25, 0.3) is 17.0 Å². The largest absolute Gasteiger partial charge is 0.466 e. The van der Waals surface area contributed by atoms with Crippen LogP contribution in [-0.2, 0) is 14.3 Å². The van der Waals surface area contributed by atoms with Crippen molar-refractivity contribution in [3.8, 4) is 11.5 Å². The number of nitrogens with one attached hydrogen (secondary N) is 2. The Morgan fingerprint density at radius 1 is 1.09 bits per heavy atom. The smallest absolute Gasteiger partial charge is 0.306 e. The predicted octanol–water partition coefficient (Wildman–Crippen LogP) is 4.15. The molecule has 0 bridgehead atoms. The topological polar surface area (TPSA) is 123 Å². The summed E-state index contributed by atoms with van der Waals surface area (Å²) in [4.78, 5) is 36.4. The molecular formula is C23H21F2N7O3. The third-order valence-corrected chi connectivity index (χ3v) is 4.82. The van der Waals surface area contributed by atoms with Crippen LogP contribution < -0.4 is 10.6 Å². The zero-order valence-corrected chi connectivity index (χ0v) is 18.6. The number of esters is 1. The van der Waals surface area contributed by atoms with Crippen molar-refractivity contribution in [2.75, 3.05) is 17.2 Å². The van der Waals surface area contributed by atoms with E-state index in [1.165, 1.54) is 24.5 Å². The van der Waals surface area contributed by atoms with Gasteiger partial charge in [-0.1, -0.05) is 6.07 Å². The quantitative estimate of drug-likeness (QED) is 0.342. The predicted molar refractivity (Wildman–Crippen MR) is 123 cm³/mol. The Morgan fingerprint density at radius 2 is 1.94 bits per heavy atom. The highest BCUT2D eigenvalue weighted by molar-refractivity contribution is 5.96. The number of ether oxygens (including phenoxy) is 1. The van der Waals surface area contributed by atoms with E-state index in [2.05, 4.69) is 30.7 Å². The molecule has 4 rings (SSSR count). The summed E-state index contributed by atoms with van der Waals surface area (Å²) in [7, 11) is 0. The lowest BCUT2D eigenvalue weighted by molar-refractivity contribution is -0.144. The van der Waals surface area contributed by atoms with Crippen molar-refractivity contribution in [2.24, 2.45) is 0 Å². The Balaban J connectivity index is 1.61. The van der Waals surface area contributed by atoms with Gasteiger partial charge in [0, 0.05) is 18.8 Å². The maximum absolute atomic E-state index is 13.1. The molecular weight excluding hydrogens is 460 g/mol. The number of aromatic nitrogens is 5. The van der Waals surface area contributed by atoms with Gasteiger partial charge in [-0.15, -0.1) is 5.10 Å². The zero-order valence-electron chi connectivity index (χ0n) is 18.6. The van der Waals surface area contributed by atoms with Crippen molar-refractivity contribution in [2.45, 2.75) is 26.2 Å². The van der Waals surface area contributed by atoms with Gasteiger partial charge in [0.25, 0.3) is 6.43 Å². The first-order chi connectivity index (χ1) is 16.9. The van der Waals surface area contributed by atoms with E-state index >= 15 is 0 Å². The van der Waals surface area contributed by atoms with Crippen molar-refractivity contribution >= 4 is 34.6 Å². The van der Waals surface area contributed by atoms with Crippen molar-refractivity contribution in [1.82, 2.24) is 24.6 Å². The molecule has 10 nitrogen and oxygen atoms in total. The van der Waals surface area contributed by atoms with Crippen LogP contribution in [0.15, 0.2) is 55.0 Å². The number of nitrogens with zero attached hydrogens (tertiary/aromatic N) is 5. The number of halogens is 2. The molecule has 0 unspecified atom stereocenters. The van der Waals surface area contributed by atoms with Gasteiger partial charge in [-0.05, 0) is 37.3 Å². The van der Waals surface area contributed by atoms with Crippen LogP contribution in [0.1, 0.15) is 31.9 Å². The van der Waals surface area contributed by atoms with Crippen LogP contribution in [-0.4, -0.2) is 43.0 Å². The second-order valence-corrected chi connectivity index (χ2v) is 7.27. The van der Waals surface area contributed by atoms with Crippen LogP contribution >= 0.6 is 0 Å². The molecule has 0 saturated heterocycles. The van der Waals surface area contributed by atoms with E-state index in [9.17, 15) is 18.4 Å². The molecule has 0 aliphatic heterocycles. The third kappa shape index (κ3) is 5.72. The van der Waals surface area contributed by atoms with Gasteiger partial charge in [0.2, 0.25) is 11.7 Å². The van der Waals surface area contributed by atoms with Gasteiger partial charge >= 0.3 is 5.97 Å². The number of hydrogen-bond acceptors (Lipinski definition) is 8. The van der Waals surface area contributed by atoms with Crippen LogP contribution in [0, 0.1) is 0 Å². The molecule has 2 N–H and O–H groups in total. The number of pyridine rings is 2. The van der Waals surface area contributed by atoms with Crippen molar-refractivity contribution < 1.29 is 23.1 Å². The van der Waals surface area contributed by atoms with Crippen molar-refractivity contribution in [1.29, 1.82) is 0 Å². The van der Waals surface area contributed by atoms with Gasteiger partial charge in [-0.25, -0.2) is 23.3 Å². The summed E-state index contributed by atoms with van der Waals surface area (Å²) in [5, 5.41) is 10.2. The third-order valence-electron chi connectivity index (χ3n) is 4.82. The Labute approximate surface area is 198 Å². The first kappa shape index (κ1) is 23.7. The highest BCUT2D eigenvalue weighted by Crippen LogP contribution is 2.28. The Bertz CT molecular complexity index is 1360. The highest BCUT2D eigenvalue weighted by Gasteiger charge is 2.16. The molecule has 4 heterocycles. The van der Waals surface area contributed by atoms with Gasteiger partial charge in [0.05, 0.1) is 30.6 Å². The van der Waals surface area contributed by atoms with Gasteiger partial charge in [-0.3, -0.25) is 14.6 Å². The molecule has 180 valence electrons. The SMILES string of the molecule is CCOC(=O)CCC(=O)Nc1cnccc1Nc1nc(-c2cccc(C(F)F)n2)nn2cccc12. The van der Waals surface area contributed by atoms with E-state index in [-0.39, 0.29) is 36.7 Å². The molecule has 0 fully saturated rings. The summed E-state index contributed by atoms with van der Waals surface area (Å²) >= 11 is 0. The monoisotopic (exact) mass is 481 g/mol. The minimum atomic E-state index is -2.73. The number of carbonyl (C=O) groups is 2. The zero-order chi connectivity index (χ0) is 24.8. The first-order valence-electron chi connectivity index (χ1n) is 10.7. The van der Waals surface area contributed by atoms with E-state index in [0.717, 1.165) is 0 Å². The number of hydrogen-bond donors (Lipinski definition) is 2. The summed E-state index contributed by atoms with van der Waals surface area (Å²) in [6.07, 6.45) is 1.84. The lowest BCUT2D eigenvalue weighted by Crippen LogP contribution is -2.15.